The Labute approximate surface area is 100 Å². The predicted molar refractivity (Wildman–Crippen MR) is 64.6 cm³/mol. The molecule has 0 bridgehead atoms. The molecule has 1 aromatic rings. The van der Waals surface area contributed by atoms with E-state index in [0.717, 1.165) is 18.4 Å². The molecule has 0 radical (unpaired) electrons. The zero-order valence-corrected chi connectivity index (χ0v) is 10.2. The number of rotatable bonds is 5. The van der Waals surface area contributed by atoms with Gasteiger partial charge in [-0.05, 0) is 30.5 Å². The number of methoxy groups -OCH3 is 1. The molecule has 0 aromatic heterocycles. The van der Waals surface area contributed by atoms with E-state index < -0.39 is 0 Å². The minimum Gasteiger partial charge on any atom is -0.385 e. The highest BCUT2D eigenvalue weighted by Gasteiger charge is 2.05. The van der Waals surface area contributed by atoms with Crippen LogP contribution in [0.15, 0.2) is 18.2 Å². The summed E-state index contributed by atoms with van der Waals surface area (Å²) in [6.07, 6.45) is 1.64. The minimum atomic E-state index is 0.0993. The Hall–Kier alpha value is -0.280. The van der Waals surface area contributed by atoms with Crippen LogP contribution in [-0.2, 0) is 11.2 Å². The van der Waals surface area contributed by atoms with Gasteiger partial charge in [0.05, 0.1) is 10.0 Å². The summed E-state index contributed by atoms with van der Waals surface area (Å²) in [7, 11) is 1.67. The first-order valence-electron chi connectivity index (χ1n) is 4.82. The molecular weight excluding hydrogens is 233 g/mol. The summed E-state index contributed by atoms with van der Waals surface area (Å²) < 4.78 is 4.97. The molecule has 0 fully saturated rings. The molecule has 0 aliphatic heterocycles. The van der Waals surface area contributed by atoms with Crippen molar-refractivity contribution in [2.45, 2.75) is 18.9 Å². The highest BCUT2D eigenvalue weighted by Crippen LogP contribution is 2.23. The highest BCUT2D eigenvalue weighted by molar-refractivity contribution is 6.42. The average Bonchev–Trinajstić information content (AvgIpc) is 2.20. The van der Waals surface area contributed by atoms with Gasteiger partial charge >= 0.3 is 0 Å². The summed E-state index contributed by atoms with van der Waals surface area (Å²) in [4.78, 5) is 0. The molecule has 2 nitrogen and oxygen atoms in total. The summed E-state index contributed by atoms with van der Waals surface area (Å²) in [5.41, 5.74) is 7.03. The molecule has 1 atom stereocenters. The van der Waals surface area contributed by atoms with Gasteiger partial charge in [-0.15, -0.1) is 0 Å². The normalized spacial score (nSPS) is 12.8. The molecule has 0 saturated carbocycles. The Kier molecular flexibility index (Phi) is 5.40. The van der Waals surface area contributed by atoms with Crippen molar-refractivity contribution in [1.29, 1.82) is 0 Å². The van der Waals surface area contributed by atoms with Crippen LogP contribution in [0, 0.1) is 0 Å². The molecule has 0 spiro atoms. The van der Waals surface area contributed by atoms with E-state index in [9.17, 15) is 0 Å². The van der Waals surface area contributed by atoms with Crippen molar-refractivity contribution in [1.82, 2.24) is 0 Å². The number of benzene rings is 1. The standard InChI is InChI=1S/C11H15Cl2NO/c1-15-5-4-9(14)6-8-2-3-10(12)11(13)7-8/h2-3,7,9H,4-6,14H2,1H3. The van der Waals surface area contributed by atoms with Crippen LogP contribution in [0.2, 0.25) is 10.0 Å². The lowest BCUT2D eigenvalue weighted by molar-refractivity contribution is 0.188. The first kappa shape index (κ1) is 12.8. The first-order chi connectivity index (χ1) is 7.13. The Morgan fingerprint density at radius 1 is 1.33 bits per heavy atom. The third-order valence-corrected chi connectivity index (χ3v) is 2.91. The fourth-order valence-electron chi connectivity index (χ4n) is 1.34. The van der Waals surface area contributed by atoms with Crippen LogP contribution in [0.5, 0.6) is 0 Å². The maximum atomic E-state index is 5.92. The monoisotopic (exact) mass is 247 g/mol. The zero-order chi connectivity index (χ0) is 11.3. The highest BCUT2D eigenvalue weighted by atomic mass is 35.5. The number of hydrogen-bond acceptors (Lipinski definition) is 2. The smallest absolute Gasteiger partial charge is 0.0595 e. The van der Waals surface area contributed by atoms with E-state index in [1.165, 1.54) is 0 Å². The molecule has 84 valence electrons. The van der Waals surface area contributed by atoms with Gasteiger partial charge in [-0.3, -0.25) is 0 Å². The van der Waals surface area contributed by atoms with E-state index in [2.05, 4.69) is 0 Å². The Bertz CT molecular complexity index is 317. The number of ether oxygens (including phenoxy) is 1. The molecule has 1 rings (SSSR count). The molecule has 0 aliphatic carbocycles. The number of halogens is 2. The van der Waals surface area contributed by atoms with E-state index in [1.54, 1.807) is 13.2 Å². The Morgan fingerprint density at radius 2 is 2.07 bits per heavy atom. The maximum Gasteiger partial charge on any atom is 0.0595 e. The van der Waals surface area contributed by atoms with Crippen LogP contribution < -0.4 is 5.73 Å². The van der Waals surface area contributed by atoms with Gasteiger partial charge in [0.25, 0.3) is 0 Å². The van der Waals surface area contributed by atoms with Crippen LogP contribution >= 0.6 is 23.2 Å². The van der Waals surface area contributed by atoms with Gasteiger partial charge in [0.1, 0.15) is 0 Å². The molecule has 1 unspecified atom stereocenters. The second kappa shape index (κ2) is 6.33. The molecule has 0 amide bonds. The van der Waals surface area contributed by atoms with Gasteiger partial charge in [-0.2, -0.15) is 0 Å². The van der Waals surface area contributed by atoms with Crippen molar-refractivity contribution in [2.75, 3.05) is 13.7 Å². The second-order valence-electron chi connectivity index (χ2n) is 3.49. The third kappa shape index (κ3) is 4.39. The largest absolute Gasteiger partial charge is 0.385 e. The molecule has 0 aliphatic rings. The molecule has 4 heteroatoms. The van der Waals surface area contributed by atoms with Crippen molar-refractivity contribution in [3.05, 3.63) is 33.8 Å². The maximum absolute atomic E-state index is 5.92. The van der Waals surface area contributed by atoms with Gasteiger partial charge in [0.2, 0.25) is 0 Å². The van der Waals surface area contributed by atoms with Crippen LogP contribution in [0.3, 0.4) is 0 Å². The first-order valence-corrected chi connectivity index (χ1v) is 5.57. The Morgan fingerprint density at radius 3 is 2.67 bits per heavy atom. The van der Waals surface area contributed by atoms with Crippen LogP contribution in [0.4, 0.5) is 0 Å². The van der Waals surface area contributed by atoms with Crippen LogP contribution in [0.25, 0.3) is 0 Å². The van der Waals surface area contributed by atoms with Gasteiger partial charge in [0.15, 0.2) is 0 Å². The van der Waals surface area contributed by atoms with Crippen LogP contribution in [-0.4, -0.2) is 19.8 Å². The molecule has 0 heterocycles. The van der Waals surface area contributed by atoms with Gasteiger partial charge in [0, 0.05) is 19.8 Å². The molecule has 0 saturated heterocycles. The van der Waals surface area contributed by atoms with Crippen molar-refractivity contribution in [3.8, 4) is 0 Å². The van der Waals surface area contributed by atoms with Crippen molar-refractivity contribution >= 4 is 23.2 Å². The summed E-state index contributed by atoms with van der Waals surface area (Å²) in [6.45, 7) is 0.683. The molecule has 2 N–H and O–H groups in total. The zero-order valence-electron chi connectivity index (χ0n) is 8.67. The SMILES string of the molecule is COCCC(N)Cc1ccc(Cl)c(Cl)c1. The lowest BCUT2D eigenvalue weighted by Crippen LogP contribution is -2.24. The minimum absolute atomic E-state index is 0.0993. The van der Waals surface area contributed by atoms with E-state index >= 15 is 0 Å². The fraction of sp³-hybridized carbons (Fsp3) is 0.455. The lowest BCUT2D eigenvalue weighted by atomic mass is 10.0. The van der Waals surface area contributed by atoms with E-state index in [1.807, 2.05) is 12.1 Å². The summed E-state index contributed by atoms with van der Waals surface area (Å²) in [6, 6.07) is 5.70. The predicted octanol–water partition coefficient (Wildman–Crippen LogP) is 2.90. The van der Waals surface area contributed by atoms with Crippen molar-refractivity contribution in [2.24, 2.45) is 5.73 Å². The second-order valence-corrected chi connectivity index (χ2v) is 4.31. The summed E-state index contributed by atoms with van der Waals surface area (Å²) >= 11 is 11.7. The summed E-state index contributed by atoms with van der Waals surface area (Å²) in [5.74, 6) is 0. The number of nitrogens with two attached hydrogens (primary N) is 1. The molecule has 1 aromatic carbocycles. The van der Waals surface area contributed by atoms with Gasteiger partial charge in [-0.1, -0.05) is 29.3 Å². The summed E-state index contributed by atoms with van der Waals surface area (Å²) in [5, 5.41) is 1.15. The lowest BCUT2D eigenvalue weighted by Gasteiger charge is -2.11. The van der Waals surface area contributed by atoms with E-state index in [0.29, 0.717) is 16.7 Å². The topological polar surface area (TPSA) is 35.2 Å². The van der Waals surface area contributed by atoms with Crippen molar-refractivity contribution in [3.63, 3.8) is 0 Å². The average molecular weight is 248 g/mol. The quantitative estimate of drug-likeness (QED) is 0.869. The van der Waals surface area contributed by atoms with Gasteiger partial charge in [-0.25, -0.2) is 0 Å². The third-order valence-electron chi connectivity index (χ3n) is 2.17. The Balaban J connectivity index is 2.53. The fourth-order valence-corrected chi connectivity index (χ4v) is 1.66. The van der Waals surface area contributed by atoms with Gasteiger partial charge < -0.3 is 10.5 Å². The number of hydrogen-bond donors (Lipinski definition) is 1. The van der Waals surface area contributed by atoms with Crippen LogP contribution in [0.1, 0.15) is 12.0 Å². The van der Waals surface area contributed by atoms with Crippen molar-refractivity contribution < 1.29 is 4.74 Å². The van der Waals surface area contributed by atoms with E-state index in [4.69, 9.17) is 33.7 Å². The molecule has 15 heavy (non-hydrogen) atoms. The molecular formula is C11H15Cl2NO. The van der Waals surface area contributed by atoms with E-state index in [-0.39, 0.29) is 6.04 Å².